The highest BCUT2D eigenvalue weighted by atomic mass is 35.5. The SMILES string of the molecule is Nc1ccc2c(cc(C(F)F)n2Cc2noc(-c3cccc(C(F)(F)F)c3)n2)c1Cl. The van der Waals surface area contributed by atoms with Gasteiger partial charge in [0, 0.05) is 10.9 Å². The summed E-state index contributed by atoms with van der Waals surface area (Å²) in [5.74, 6) is -0.150. The Balaban J connectivity index is 1.72. The Kier molecular flexibility index (Phi) is 4.89. The standard InChI is InChI=1S/C19H12ClF5N4O/c20-16-11-7-14(17(21)22)29(13(11)5-4-12(16)26)8-15-27-18(30-28-15)9-2-1-3-10(6-9)19(23,24)25/h1-7,17H,8,26H2. The third-order valence-electron chi connectivity index (χ3n) is 4.51. The fourth-order valence-corrected chi connectivity index (χ4v) is 3.31. The van der Waals surface area contributed by atoms with Crippen molar-refractivity contribution in [2.24, 2.45) is 0 Å². The number of hydrogen-bond acceptors (Lipinski definition) is 4. The van der Waals surface area contributed by atoms with Crippen LogP contribution in [-0.2, 0) is 12.7 Å². The summed E-state index contributed by atoms with van der Waals surface area (Å²) in [6.45, 7) is -0.202. The van der Waals surface area contributed by atoms with Gasteiger partial charge in [0.1, 0.15) is 0 Å². The lowest BCUT2D eigenvalue weighted by molar-refractivity contribution is -0.137. The van der Waals surface area contributed by atoms with E-state index in [4.69, 9.17) is 21.9 Å². The first-order valence-corrected chi connectivity index (χ1v) is 8.88. The van der Waals surface area contributed by atoms with Gasteiger partial charge in [-0.3, -0.25) is 0 Å². The summed E-state index contributed by atoms with van der Waals surface area (Å²) in [5.41, 5.74) is 5.22. The van der Waals surface area contributed by atoms with E-state index >= 15 is 0 Å². The summed E-state index contributed by atoms with van der Waals surface area (Å²) in [6, 6.07) is 8.63. The Morgan fingerprint density at radius 2 is 1.90 bits per heavy atom. The highest BCUT2D eigenvalue weighted by Gasteiger charge is 2.31. The maximum atomic E-state index is 13.6. The minimum absolute atomic E-state index is 0.00904. The number of nitrogens with zero attached hydrogens (tertiary/aromatic N) is 3. The molecule has 156 valence electrons. The number of nitrogens with two attached hydrogens (primary N) is 1. The molecule has 0 amide bonds. The largest absolute Gasteiger partial charge is 0.416 e. The van der Waals surface area contributed by atoms with Crippen molar-refractivity contribution in [2.75, 3.05) is 5.73 Å². The van der Waals surface area contributed by atoms with Crippen LogP contribution >= 0.6 is 11.6 Å². The normalized spacial score (nSPS) is 12.2. The smallest absolute Gasteiger partial charge is 0.398 e. The Bertz CT molecular complexity index is 1230. The summed E-state index contributed by atoms with van der Waals surface area (Å²) in [5, 5.41) is 4.20. The predicted octanol–water partition coefficient (Wildman–Crippen LogP) is 5.93. The second-order valence-electron chi connectivity index (χ2n) is 6.45. The fourth-order valence-electron chi connectivity index (χ4n) is 3.10. The zero-order chi connectivity index (χ0) is 21.6. The summed E-state index contributed by atoms with van der Waals surface area (Å²) in [4.78, 5) is 4.06. The van der Waals surface area contributed by atoms with Gasteiger partial charge in [-0.2, -0.15) is 18.2 Å². The van der Waals surface area contributed by atoms with Gasteiger partial charge in [0.25, 0.3) is 12.3 Å². The van der Waals surface area contributed by atoms with Gasteiger partial charge in [0.15, 0.2) is 5.82 Å². The first kappa shape index (κ1) is 20.1. The fraction of sp³-hybridized carbons (Fsp3) is 0.158. The highest BCUT2D eigenvalue weighted by Crippen LogP contribution is 2.35. The number of benzene rings is 2. The van der Waals surface area contributed by atoms with Crippen molar-refractivity contribution in [1.82, 2.24) is 14.7 Å². The molecule has 2 aromatic carbocycles. The first-order valence-electron chi connectivity index (χ1n) is 8.50. The minimum Gasteiger partial charge on any atom is -0.398 e. The van der Waals surface area contributed by atoms with E-state index in [2.05, 4.69) is 10.1 Å². The van der Waals surface area contributed by atoms with Crippen LogP contribution in [0.1, 0.15) is 23.5 Å². The molecule has 0 radical (unpaired) electrons. The second kappa shape index (κ2) is 7.28. The lowest BCUT2D eigenvalue weighted by Gasteiger charge is -2.08. The number of hydrogen-bond donors (Lipinski definition) is 1. The van der Waals surface area contributed by atoms with E-state index in [0.717, 1.165) is 12.1 Å². The molecule has 0 saturated heterocycles. The Morgan fingerprint density at radius 3 is 2.60 bits per heavy atom. The van der Waals surface area contributed by atoms with Crippen LogP contribution in [0.15, 0.2) is 47.0 Å². The molecule has 0 fully saturated rings. The van der Waals surface area contributed by atoms with Crippen LogP contribution in [0.3, 0.4) is 0 Å². The maximum absolute atomic E-state index is 13.6. The van der Waals surface area contributed by atoms with Gasteiger partial charge in [-0.15, -0.1) is 0 Å². The number of halogens is 6. The molecule has 0 spiro atoms. The van der Waals surface area contributed by atoms with E-state index in [1.165, 1.54) is 34.9 Å². The zero-order valence-corrected chi connectivity index (χ0v) is 15.7. The molecular weight excluding hydrogens is 431 g/mol. The van der Waals surface area contributed by atoms with Crippen molar-refractivity contribution in [3.63, 3.8) is 0 Å². The molecule has 0 aliphatic rings. The number of fused-ring (bicyclic) bond motifs is 1. The summed E-state index contributed by atoms with van der Waals surface area (Å²) in [7, 11) is 0. The third-order valence-corrected chi connectivity index (χ3v) is 4.93. The van der Waals surface area contributed by atoms with Gasteiger partial charge >= 0.3 is 6.18 Å². The number of nitrogen functional groups attached to an aromatic ring is 1. The van der Waals surface area contributed by atoms with Crippen LogP contribution in [0, 0.1) is 0 Å². The van der Waals surface area contributed by atoms with Crippen molar-refractivity contribution < 1.29 is 26.5 Å². The molecule has 30 heavy (non-hydrogen) atoms. The molecule has 2 aromatic heterocycles. The molecule has 0 aliphatic carbocycles. The first-order chi connectivity index (χ1) is 14.1. The number of aromatic nitrogens is 3. The molecule has 0 bridgehead atoms. The summed E-state index contributed by atoms with van der Waals surface area (Å²) < 4.78 is 72.2. The van der Waals surface area contributed by atoms with Crippen LogP contribution in [0.5, 0.6) is 0 Å². The van der Waals surface area contributed by atoms with Crippen LogP contribution in [-0.4, -0.2) is 14.7 Å². The average molecular weight is 443 g/mol. The monoisotopic (exact) mass is 442 g/mol. The maximum Gasteiger partial charge on any atom is 0.416 e. The number of rotatable bonds is 4. The van der Waals surface area contributed by atoms with Crippen LogP contribution in [0.25, 0.3) is 22.4 Å². The van der Waals surface area contributed by atoms with Crippen LogP contribution < -0.4 is 5.73 Å². The van der Waals surface area contributed by atoms with Crippen LogP contribution in [0.2, 0.25) is 5.02 Å². The molecular formula is C19H12ClF5N4O. The van der Waals surface area contributed by atoms with E-state index in [-0.39, 0.29) is 40.2 Å². The molecule has 2 heterocycles. The second-order valence-corrected chi connectivity index (χ2v) is 6.83. The van der Waals surface area contributed by atoms with Crippen molar-refractivity contribution in [3.05, 3.63) is 64.6 Å². The lowest BCUT2D eigenvalue weighted by atomic mass is 10.1. The van der Waals surface area contributed by atoms with E-state index in [1.807, 2.05) is 0 Å². The third kappa shape index (κ3) is 3.58. The molecule has 2 N–H and O–H groups in total. The van der Waals surface area contributed by atoms with Gasteiger partial charge in [-0.25, -0.2) is 8.78 Å². The van der Waals surface area contributed by atoms with E-state index in [0.29, 0.717) is 10.9 Å². The topological polar surface area (TPSA) is 69.9 Å². The zero-order valence-electron chi connectivity index (χ0n) is 14.9. The van der Waals surface area contributed by atoms with Crippen molar-refractivity contribution >= 4 is 28.2 Å². The highest BCUT2D eigenvalue weighted by molar-refractivity contribution is 6.38. The minimum atomic E-state index is -4.53. The number of anilines is 1. The molecule has 4 aromatic rings. The predicted molar refractivity (Wildman–Crippen MR) is 100 cm³/mol. The van der Waals surface area contributed by atoms with E-state index < -0.39 is 18.2 Å². The lowest BCUT2D eigenvalue weighted by Crippen LogP contribution is -2.06. The number of alkyl halides is 5. The van der Waals surface area contributed by atoms with Crippen molar-refractivity contribution in [1.29, 1.82) is 0 Å². The molecule has 0 aliphatic heterocycles. The van der Waals surface area contributed by atoms with Crippen molar-refractivity contribution in [2.45, 2.75) is 19.1 Å². The molecule has 0 unspecified atom stereocenters. The molecule has 0 saturated carbocycles. The van der Waals surface area contributed by atoms with Gasteiger partial charge in [-0.05, 0) is 36.4 Å². The van der Waals surface area contributed by atoms with Crippen molar-refractivity contribution in [3.8, 4) is 11.5 Å². The molecule has 11 heteroatoms. The Morgan fingerprint density at radius 1 is 1.13 bits per heavy atom. The average Bonchev–Trinajstić information content (AvgIpc) is 3.30. The molecule has 0 atom stereocenters. The van der Waals surface area contributed by atoms with E-state index in [1.54, 1.807) is 0 Å². The van der Waals surface area contributed by atoms with Gasteiger partial charge in [0.05, 0.1) is 34.0 Å². The Labute approximate surface area is 170 Å². The van der Waals surface area contributed by atoms with Gasteiger partial charge in [-0.1, -0.05) is 22.8 Å². The van der Waals surface area contributed by atoms with Gasteiger partial charge < -0.3 is 14.8 Å². The summed E-state index contributed by atoms with van der Waals surface area (Å²) >= 11 is 6.13. The molecule has 4 rings (SSSR count). The molecule has 5 nitrogen and oxygen atoms in total. The van der Waals surface area contributed by atoms with Crippen LogP contribution in [0.4, 0.5) is 27.6 Å². The van der Waals surface area contributed by atoms with E-state index in [9.17, 15) is 22.0 Å². The quantitative estimate of drug-likeness (QED) is 0.314. The summed E-state index contributed by atoms with van der Waals surface area (Å²) in [6.07, 6.45) is -7.35. The van der Waals surface area contributed by atoms with Gasteiger partial charge in [0.2, 0.25) is 0 Å². The Hall–Kier alpha value is -3.14.